The lowest BCUT2D eigenvalue weighted by atomic mass is 9.53. The first-order chi connectivity index (χ1) is 11.6. The van der Waals surface area contributed by atoms with Crippen LogP contribution in [0.4, 0.5) is 0 Å². The van der Waals surface area contributed by atoms with E-state index in [0.29, 0.717) is 24.3 Å². The molecule has 2 N–H and O–H groups in total. The summed E-state index contributed by atoms with van der Waals surface area (Å²) in [5, 5.41) is 21.1. The van der Waals surface area contributed by atoms with Gasteiger partial charge in [-0.05, 0) is 33.4 Å². The molecular formula is C19H23NO4. The smallest absolute Gasteiger partial charge is 0.166 e. The Morgan fingerprint density at radius 2 is 2.25 bits per heavy atom. The summed E-state index contributed by atoms with van der Waals surface area (Å²) in [6.07, 6.45) is 4.90. The van der Waals surface area contributed by atoms with Crippen LogP contribution >= 0.6 is 0 Å². The van der Waals surface area contributed by atoms with Crippen molar-refractivity contribution in [1.29, 1.82) is 0 Å². The Morgan fingerprint density at radius 3 is 3.04 bits per heavy atom. The second kappa shape index (κ2) is 4.67. The Hall–Kier alpha value is -1.72. The number of aliphatic hydroxyl groups is 1. The van der Waals surface area contributed by atoms with E-state index in [9.17, 15) is 10.2 Å². The lowest BCUT2D eigenvalue weighted by molar-refractivity contribution is -0.0455. The maximum absolute atomic E-state index is 10.6. The molecule has 5 rings (SSSR count). The zero-order valence-electron chi connectivity index (χ0n) is 14.0. The number of hydrogen-bond donors (Lipinski definition) is 2. The number of rotatable bonds is 2. The van der Waals surface area contributed by atoms with E-state index < -0.39 is 6.10 Å². The van der Waals surface area contributed by atoms with Crippen molar-refractivity contribution in [2.24, 2.45) is 5.92 Å². The second-order valence-corrected chi connectivity index (χ2v) is 7.49. The lowest BCUT2D eigenvalue weighted by Gasteiger charge is -2.56. The van der Waals surface area contributed by atoms with Crippen molar-refractivity contribution in [3.8, 4) is 17.2 Å². The molecule has 5 heteroatoms. The first-order valence-electron chi connectivity index (χ1n) is 8.83. The van der Waals surface area contributed by atoms with Gasteiger partial charge in [-0.15, -0.1) is 0 Å². The number of hydrogen-bond acceptors (Lipinski definition) is 5. The molecule has 4 aliphatic rings. The topological polar surface area (TPSA) is 62.2 Å². The molecule has 5 atom stereocenters. The minimum Gasteiger partial charge on any atom is -0.504 e. The lowest BCUT2D eigenvalue weighted by Crippen LogP contribution is -2.64. The zero-order chi connectivity index (χ0) is 16.6. The number of nitrogens with zero attached hydrogens (tertiary/aromatic N) is 1. The standard InChI is InChI=1S/C19H23NO4/c1-3-23-15-9-14(22)17-16-10(15)8-12-11-4-5-13(21)18(24-17)19(11,16)6-7-20(12)2/h4-5,9,11-13,18,21-22H,3,6-8H2,1-2H3/t11-,12+,13-,18-,19-/m0/s1. The SMILES string of the molecule is CCOc1cc(O)c2c3c1C[C@@H]1[C@@H]4C=C[C@H](O)[C@H](O2)[C@]34CCN1C. The largest absolute Gasteiger partial charge is 0.504 e. The summed E-state index contributed by atoms with van der Waals surface area (Å²) in [6, 6.07) is 2.05. The Balaban J connectivity index is 1.82. The van der Waals surface area contributed by atoms with Gasteiger partial charge in [0.1, 0.15) is 18.0 Å². The van der Waals surface area contributed by atoms with Crippen LogP contribution < -0.4 is 9.47 Å². The fourth-order valence-corrected chi connectivity index (χ4v) is 5.57. The summed E-state index contributed by atoms with van der Waals surface area (Å²) in [5.74, 6) is 1.76. The second-order valence-electron chi connectivity index (χ2n) is 7.49. The van der Waals surface area contributed by atoms with Crippen LogP contribution in [-0.2, 0) is 11.8 Å². The van der Waals surface area contributed by atoms with E-state index in [4.69, 9.17) is 9.47 Å². The van der Waals surface area contributed by atoms with Crippen LogP contribution in [-0.4, -0.2) is 53.6 Å². The molecule has 128 valence electrons. The van der Waals surface area contributed by atoms with Crippen LogP contribution in [0.3, 0.4) is 0 Å². The summed E-state index contributed by atoms with van der Waals surface area (Å²) in [6.45, 7) is 3.50. The molecule has 1 aromatic rings. The zero-order valence-corrected chi connectivity index (χ0v) is 14.0. The van der Waals surface area contributed by atoms with E-state index in [0.717, 1.165) is 36.3 Å². The normalized spacial score (nSPS) is 38.6. The fraction of sp³-hybridized carbons (Fsp3) is 0.579. The molecule has 1 saturated heterocycles. The highest BCUT2D eigenvalue weighted by Gasteiger charge is 2.64. The summed E-state index contributed by atoms with van der Waals surface area (Å²) in [5.41, 5.74) is 2.00. The average Bonchev–Trinajstić information content (AvgIpc) is 2.91. The molecule has 0 radical (unpaired) electrons. The van der Waals surface area contributed by atoms with E-state index in [1.54, 1.807) is 6.07 Å². The van der Waals surface area contributed by atoms with Gasteiger partial charge in [-0.2, -0.15) is 0 Å². The van der Waals surface area contributed by atoms with Gasteiger partial charge in [0.15, 0.2) is 11.5 Å². The molecule has 5 nitrogen and oxygen atoms in total. The Morgan fingerprint density at radius 1 is 1.42 bits per heavy atom. The molecule has 1 fully saturated rings. The van der Waals surface area contributed by atoms with E-state index in [-0.39, 0.29) is 17.3 Å². The number of aromatic hydroxyl groups is 1. The van der Waals surface area contributed by atoms with E-state index in [1.807, 2.05) is 13.0 Å². The van der Waals surface area contributed by atoms with E-state index >= 15 is 0 Å². The van der Waals surface area contributed by atoms with Crippen molar-refractivity contribution >= 4 is 0 Å². The molecule has 2 aliphatic heterocycles. The fourth-order valence-electron chi connectivity index (χ4n) is 5.57. The number of phenols is 1. The molecule has 24 heavy (non-hydrogen) atoms. The number of piperidine rings is 1. The van der Waals surface area contributed by atoms with Crippen molar-refractivity contribution < 1.29 is 19.7 Å². The minimum absolute atomic E-state index is 0.129. The van der Waals surface area contributed by atoms with Crippen LogP contribution in [0.1, 0.15) is 24.5 Å². The number of aliphatic hydroxyl groups excluding tert-OH is 1. The molecule has 0 saturated carbocycles. The van der Waals surface area contributed by atoms with Crippen molar-refractivity contribution in [2.45, 2.75) is 43.4 Å². The molecule has 2 aliphatic carbocycles. The molecule has 0 amide bonds. The highest BCUT2D eigenvalue weighted by atomic mass is 16.5. The Labute approximate surface area is 141 Å². The van der Waals surface area contributed by atoms with Crippen LogP contribution in [0.2, 0.25) is 0 Å². The van der Waals surface area contributed by atoms with Crippen LogP contribution in [0.5, 0.6) is 17.2 Å². The summed E-state index contributed by atoms with van der Waals surface area (Å²) in [4.78, 5) is 2.42. The highest BCUT2D eigenvalue weighted by molar-refractivity contribution is 5.66. The Kier molecular flexibility index (Phi) is 2.84. The van der Waals surface area contributed by atoms with E-state index in [2.05, 4.69) is 18.0 Å². The molecule has 2 bridgehead atoms. The van der Waals surface area contributed by atoms with Crippen molar-refractivity contribution in [1.82, 2.24) is 4.90 Å². The summed E-state index contributed by atoms with van der Waals surface area (Å²) in [7, 11) is 2.17. The van der Waals surface area contributed by atoms with Crippen molar-refractivity contribution in [3.05, 3.63) is 29.3 Å². The number of likely N-dealkylation sites (N-methyl/N-ethyl adjacent to an activating group) is 1. The van der Waals surface area contributed by atoms with Crippen LogP contribution in [0.15, 0.2) is 18.2 Å². The average molecular weight is 329 g/mol. The van der Waals surface area contributed by atoms with Gasteiger partial charge in [-0.1, -0.05) is 12.2 Å². The molecule has 2 heterocycles. The third kappa shape index (κ3) is 1.53. The van der Waals surface area contributed by atoms with Gasteiger partial charge in [-0.25, -0.2) is 0 Å². The summed E-state index contributed by atoms with van der Waals surface area (Å²) < 4.78 is 12.0. The predicted molar refractivity (Wildman–Crippen MR) is 88.7 cm³/mol. The molecule has 1 spiro atoms. The highest BCUT2D eigenvalue weighted by Crippen LogP contribution is 2.63. The number of likely N-dealkylation sites (tertiary alicyclic amines) is 1. The van der Waals surface area contributed by atoms with Gasteiger partial charge in [0.05, 0.1) is 6.61 Å². The Bertz CT molecular complexity index is 745. The van der Waals surface area contributed by atoms with Crippen LogP contribution in [0, 0.1) is 5.92 Å². The number of benzene rings is 1. The minimum atomic E-state index is -0.640. The van der Waals surface area contributed by atoms with Crippen LogP contribution in [0.25, 0.3) is 0 Å². The van der Waals surface area contributed by atoms with Gasteiger partial charge < -0.3 is 24.6 Å². The van der Waals surface area contributed by atoms with Gasteiger partial charge in [0.2, 0.25) is 0 Å². The van der Waals surface area contributed by atoms with Gasteiger partial charge in [0.25, 0.3) is 0 Å². The maximum Gasteiger partial charge on any atom is 0.166 e. The first kappa shape index (κ1) is 14.6. The van der Waals surface area contributed by atoms with Gasteiger partial charge >= 0.3 is 0 Å². The van der Waals surface area contributed by atoms with Gasteiger partial charge in [-0.3, -0.25) is 0 Å². The molecule has 1 aromatic carbocycles. The molecular weight excluding hydrogens is 306 g/mol. The third-order valence-corrected chi connectivity index (χ3v) is 6.54. The monoisotopic (exact) mass is 329 g/mol. The summed E-state index contributed by atoms with van der Waals surface area (Å²) >= 11 is 0. The third-order valence-electron chi connectivity index (χ3n) is 6.54. The van der Waals surface area contributed by atoms with Crippen molar-refractivity contribution in [2.75, 3.05) is 20.2 Å². The predicted octanol–water partition coefficient (Wildman–Crippen LogP) is 1.60. The molecule has 0 unspecified atom stereocenters. The van der Waals surface area contributed by atoms with E-state index in [1.165, 1.54) is 0 Å². The first-order valence-corrected chi connectivity index (χ1v) is 8.83. The molecule has 0 aromatic heterocycles. The number of phenolic OH excluding ortho intramolecular Hbond substituents is 1. The number of ether oxygens (including phenoxy) is 2. The quantitative estimate of drug-likeness (QED) is 0.807. The van der Waals surface area contributed by atoms with Gasteiger partial charge in [0, 0.05) is 34.6 Å². The maximum atomic E-state index is 10.6. The van der Waals surface area contributed by atoms with Crippen molar-refractivity contribution in [3.63, 3.8) is 0 Å².